The number of urea groups is 1. The predicted octanol–water partition coefficient (Wildman–Crippen LogP) is 1.76. The highest BCUT2D eigenvalue weighted by atomic mass is 16.2. The third-order valence-electron chi connectivity index (χ3n) is 4.06. The molecule has 2 atom stereocenters. The molecule has 0 radical (unpaired) electrons. The van der Waals surface area contributed by atoms with E-state index in [0.29, 0.717) is 5.56 Å². The molecule has 1 heterocycles. The number of hydrogen-bond acceptors (Lipinski definition) is 3. The van der Waals surface area contributed by atoms with E-state index >= 15 is 0 Å². The largest absolute Gasteiger partial charge is 0.352 e. The summed E-state index contributed by atoms with van der Waals surface area (Å²) in [6.45, 7) is 5.33. The first-order valence-corrected chi connectivity index (χ1v) is 7.87. The fraction of sp³-hybridized carbons (Fsp3) is 0.471. The van der Waals surface area contributed by atoms with Gasteiger partial charge in [-0.15, -0.1) is 0 Å². The number of rotatable bonds is 6. The standard InChI is InChI=1S/C17H23N3O3/c1-4-8-12(2)18-14(21)11-20-15(22)17(3,19-16(20)23)13-9-6-5-7-10-13/h5-7,9-10,12H,4,8,11H2,1-3H3,(H,18,21)(H,19,23)/t12-,17-/m0/s1. The summed E-state index contributed by atoms with van der Waals surface area (Å²) in [4.78, 5) is 37.8. The maximum absolute atomic E-state index is 12.6. The summed E-state index contributed by atoms with van der Waals surface area (Å²) in [5, 5.41) is 5.49. The van der Waals surface area contributed by atoms with Gasteiger partial charge in [0.2, 0.25) is 5.91 Å². The molecule has 0 aromatic heterocycles. The van der Waals surface area contributed by atoms with E-state index in [1.807, 2.05) is 32.0 Å². The Morgan fingerprint density at radius 2 is 1.96 bits per heavy atom. The first-order chi connectivity index (χ1) is 10.9. The smallest absolute Gasteiger partial charge is 0.325 e. The first-order valence-electron chi connectivity index (χ1n) is 7.87. The summed E-state index contributed by atoms with van der Waals surface area (Å²) in [6, 6.07) is 8.50. The van der Waals surface area contributed by atoms with Crippen LogP contribution in [0.1, 0.15) is 39.2 Å². The van der Waals surface area contributed by atoms with Crippen molar-refractivity contribution in [3.05, 3.63) is 35.9 Å². The van der Waals surface area contributed by atoms with Crippen LogP contribution >= 0.6 is 0 Å². The van der Waals surface area contributed by atoms with Crippen molar-refractivity contribution in [1.82, 2.24) is 15.5 Å². The summed E-state index contributed by atoms with van der Waals surface area (Å²) in [7, 11) is 0. The summed E-state index contributed by atoms with van der Waals surface area (Å²) < 4.78 is 0. The number of benzene rings is 1. The molecule has 1 fully saturated rings. The monoisotopic (exact) mass is 317 g/mol. The lowest BCUT2D eigenvalue weighted by molar-refractivity contribution is -0.135. The van der Waals surface area contributed by atoms with E-state index in [1.54, 1.807) is 19.1 Å². The highest BCUT2D eigenvalue weighted by molar-refractivity contribution is 6.09. The normalized spacial score (nSPS) is 22.0. The van der Waals surface area contributed by atoms with Gasteiger partial charge in [-0.05, 0) is 25.8 Å². The molecule has 0 bridgehead atoms. The van der Waals surface area contributed by atoms with Gasteiger partial charge in [0, 0.05) is 6.04 Å². The second kappa shape index (κ2) is 6.81. The van der Waals surface area contributed by atoms with Crippen LogP contribution < -0.4 is 10.6 Å². The molecule has 6 nitrogen and oxygen atoms in total. The molecule has 4 amide bonds. The Kier molecular flexibility index (Phi) is 5.03. The molecule has 0 spiro atoms. The zero-order valence-electron chi connectivity index (χ0n) is 13.8. The van der Waals surface area contributed by atoms with E-state index in [4.69, 9.17) is 0 Å². The molecule has 1 aliphatic heterocycles. The molecule has 2 N–H and O–H groups in total. The molecule has 1 aliphatic rings. The van der Waals surface area contributed by atoms with Crippen molar-refractivity contribution in [2.75, 3.05) is 6.54 Å². The molecule has 1 aromatic carbocycles. The van der Waals surface area contributed by atoms with Crippen molar-refractivity contribution in [1.29, 1.82) is 0 Å². The van der Waals surface area contributed by atoms with Crippen molar-refractivity contribution < 1.29 is 14.4 Å². The van der Waals surface area contributed by atoms with Crippen molar-refractivity contribution in [2.45, 2.75) is 45.2 Å². The Hall–Kier alpha value is -2.37. The minimum absolute atomic E-state index is 0.0220. The van der Waals surface area contributed by atoms with E-state index in [9.17, 15) is 14.4 Å². The van der Waals surface area contributed by atoms with Crippen LogP contribution in [0.5, 0.6) is 0 Å². The summed E-state index contributed by atoms with van der Waals surface area (Å²) in [5.74, 6) is -0.737. The topological polar surface area (TPSA) is 78.5 Å². The van der Waals surface area contributed by atoms with Crippen molar-refractivity contribution >= 4 is 17.8 Å². The first kappa shape index (κ1) is 17.0. The maximum atomic E-state index is 12.6. The van der Waals surface area contributed by atoms with Crippen molar-refractivity contribution in [3.63, 3.8) is 0 Å². The van der Waals surface area contributed by atoms with Gasteiger partial charge in [0.1, 0.15) is 12.1 Å². The Bertz CT molecular complexity index is 602. The van der Waals surface area contributed by atoms with E-state index in [0.717, 1.165) is 17.7 Å². The second-order valence-corrected chi connectivity index (χ2v) is 6.07. The van der Waals surface area contributed by atoms with Gasteiger partial charge >= 0.3 is 6.03 Å². The van der Waals surface area contributed by atoms with Gasteiger partial charge < -0.3 is 10.6 Å². The molecule has 124 valence electrons. The number of carbonyl (C=O) groups excluding carboxylic acids is 3. The molecule has 0 aliphatic carbocycles. The maximum Gasteiger partial charge on any atom is 0.325 e. The van der Waals surface area contributed by atoms with Crippen LogP contribution in [0.2, 0.25) is 0 Å². The molecular weight excluding hydrogens is 294 g/mol. The van der Waals surface area contributed by atoms with Crippen LogP contribution in [0, 0.1) is 0 Å². The number of amides is 4. The lowest BCUT2D eigenvalue weighted by Gasteiger charge is -2.22. The average molecular weight is 317 g/mol. The van der Waals surface area contributed by atoms with Crippen molar-refractivity contribution in [2.24, 2.45) is 0 Å². The number of hydrogen-bond donors (Lipinski definition) is 2. The van der Waals surface area contributed by atoms with Gasteiger partial charge in [0.25, 0.3) is 5.91 Å². The van der Waals surface area contributed by atoms with Gasteiger partial charge in [0.05, 0.1) is 0 Å². The van der Waals surface area contributed by atoms with Crippen LogP contribution in [0.15, 0.2) is 30.3 Å². The van der Waals surface area contributed by atoms with Gasteiger partial charge in [-0.25, -0.2) is 4.79 Å². The van der Waals surface area contributed by atoms with Crippen LogP contribution in [0.4, 0.5) is 4.79 Å². The zero-order chi connectivity index (χ0) is 17.0. The van der Waals surface area contributed by atoms with E-state index in [1.165, 1.54) is 0 Å². The summed E-state index contributed by atoms with van der Waals surface area (Å²) >= 11 is 0. The highest BCUT2D eigenvalue weighted by Crippen LogP contribution is 2.28. The molecule has 23 heavy (non-hydrogen) atoms. The number of nitrogens with one attached hydrogen (secondary N) is 2. The van der Waals surface area contributed by atoms with Gasteiger partial charge in [-0.2, -0.15) is 0 Å². The van der Waals surface area contributed by atoms with Crippen LogP contribution in [0.25, 0.3) is 0 Å². The molecular formula is C17H23N3O3. The van der Waals surface area contributed by atoms with E-state index < -0.39 is 17.5 Å². The summed E-state index contributed by atoms with van der Waals surface area (Å²) in [6.07, 6.45) is 1.81. The predicted molar refractivity (Wildman–Crippen MR) is 86.6 cm³/mol. The van der Waals surface area contributed by atoms with Crippen LogP contribution in [-0.2, 0) is 15.1 Å². The minimum Gasteiger partial charge on any atom is -0.352 e. The molecule has 0 unspecified atom stereocenters. The minimum atomic E-state index is -1.13. The average Bonchev–Trinajstić information content (AvgIpc) is 2.73. The van der Waals surface area contributed by atoms with Crippen molar-refractivity contribution in [3.8, 4) is 0 Å². The summed E-state index contributed by atoms with van der Waals surface area (Å²) in [5.41, 5.74) is -0.436. The molecule has 0 saturated carbocycles. The SMILES string of the molecule is CCC[C@H](C)NC(=O)CN1C(=O)N[C@@](C)(c2ccccc2)C1=O. The van der Waals surface area contributed by atoms with E-state index in [2.05, 4.69) is 10.6 Å². The third kappa shape index (κ3) is 3.52. The Morgan fingerprint density at radius 1 is 1.30 bits per heavy atom. The number of nitrogens with zero attached hydrogens (tertiary/aromatic N) is 1. The number of imide groups is 1. The number of carbonyl (C=O) groups is 3. The fourth-order valence-electron chi connectivity index (χ4n) is 2.78. The lowest BCUT2D eigenvalue weighted by Crippen LogP contribution is -2.44. The fourth-order valence-corrected chi connectivity index (χ4v) is 2.78. The lowest BCUT2D eigenvalue weighted by atomic mass is 9.92. The second-order valence-electron chi connectivity index (χ2n) is 6.07. The Labute approximate surface area is 136 Å². The third-order valence-corrected chi connectivity index (χ3v) is 4.06. The van der Waals surface area contributed by atoms with Crippen LogP contribution in [-0.4, -0.2) is 35.3 Å². The van der Waals surface area contributed by atoms with Gasteiger partial charge in [-0.1, -0.05) is 43.7 Å². The Morgan fingerprint density at radius 3 is 2.57 bits per heavy atom. The molecule has 6 heteroatoms. The van der Waals surface area contributed by atoms with Gasteiger partial charge in [-0.3, -0.25) is 14.5 Å². The molecule has 1 aromatic rings. The zero-order valence-corrected chi connectivity index (χ0v) is 13.8. The quantitative estimate of drug-likeness (QED) is 0.785. The van der Waals surface area contributed by atoms with Crippen LogP contribution in [0.3, 0.4) is 0 Å². The molecule has 2 rings (SSSR count). The Balaban J connectivity index is 2.09. The van der Waals surface area contributed by atoms with Gasteiger partial charge in [0.15, 0.2) is 0 Å². The van der Waals surface area contributed by atoms with E-state index in [-0.39, 0.29) is 18.5 Å². The molecule has 1 saturated heterocycles. The highest BCUT2D eigenvalue weighted by Gasteiger charge is 2.49.